The van der Waals surface area contributed by atoms with Crippen LogP contribution in [0.4, 0.5) is 8.78 Å². The molecule has 0 saturated heterocycles. The van der Waals surface area contributed by atoms with Crippen LogP contribution in [0.1, 0.15) is 39.0 Å². The van der Waals surface area contributed by atoms with Gasteiger partial charge >= 0.3 is 5.38 Å². The summed E-state index contributed by atoms with van der Waals surface area (Å²) < 4.78 is 24.3. The van der Waals surface area contributed by atoms with E-state index in [0.29, 0.717) is 6.42 Å². The van der Waals surface area contributed by atoms with Gasteiger partial charge in [-0.05, 0) is 18.0 Å². The SMILES string of the molecule is CCCCCC(=O)CC(=O)C(F)(F)Cl. The zero-order valence-electron chi connectivity index (χ0n) is 7.99. The molecular weight excluding hydrogens is 214 g/mol. The minimum Gasteiger partial charge on any atom is -0.299 e. The van der Waals surface area contributed by atoms with Gasteiger partial charge in [0.1, 0.15) is 5.78 Å². The van der Waals surface area contributed by atoms with Gasteiger partial charge in [-0.3, -0.25) is 9.59 Å². The highest BCUT2D eigenvalue weighted by Crippen LogP contribution is 2.21. The standard InChI is InChI=1S/C9H13ClF2O2/c1-2-3-4-5-7(13)6-8(14)9(10,11)12/h2-6H2,1H3. The molecule has 2 nitrogen and oxygen atoms in total. The Hall–Kier alpha value is -0.510. The number of alkyl halides is 3. The summed E-state index contributed by atoms with van der Waals surface area (Å²) in [5.41, 5.74) is 0. The zero-order valence-corrected chi connectivity index (χ0v) is 8.74. The van der Waals surface area contributed by atoms with E-state index in [1.54, 1.807) is 0 Å². The van der Waals surface area contributed by atoms with Crippen LogP contribution in [0.15, 0.2) is 0 Å². The number of unbranched alkanes of at least 4 members (excludes halogenated alkanes) is 2. The molecule has 0 saturated carbocycles. The van der Waals surface area contributed by atoms with Gasteiger partial charge in [0.05, 0.1) is 6.42 Å². The maximum Gasteiger partial charge on any atom is 0.380 e. The molecule has 0 fully saturated rings. The smallest absolute Gasteiger partial charge is 0.299 e. The van der Waals surface area contributed by atoms with E-state index in [4.69, 9.17) is 0 Å². The van der Waals surface area contributed by atoms with Crippen LogP contribution in [0.5, 0.6) is 0 Å². The Balaban J connectivity index is 3.78. The topological polar surface area (TPSA) is 34.1 Å². The third-order valence-corrected chi connectivity index (χ3v) is 1.94. The maximum atomic E-state index is 12.1. The first-order chi connectivity index (χ1) is 6.38. The molecule has 82 valence electrons. The highest BCUT2D eigenvalue weighted by atomic mass is 35.5. The molecule has 0 aromatic heterocycles. The quantitative estimate of drug-likeness (QED) is 0.380. The average Bonchev–Trinajstić information content (AvgIpc) is 2.03. The van der Waals surface area contributed by atoms with E-state index in [1.165, 1.54) is 0 Å². The summed E-state index contributed by atoms with van der Waals surface area (Å²) in [5, 5.41) is -3.90. The van der Waals surface area contributed by atoms with Crippen molar-refractivity contribution in [2.45, 2.75) is 44.4 Å². The van der Waals surface area contributed by atoms with E-state index in [0.717, 1.165) is 12.8 Å². The maximum absolute atomic E-state index is 12.1. The highest BCUT2D eigenvalue weighted by molar-refractivity contribution is 6.33. The Bertz CT molecular complexity index is 211. The van der Waals surface area contributed by atoms with Crippen molar-refractivity contribution in [2.75, 3.05) is 0 Å². The van der Waals surface area contributed by atoms with E-state index in [9.17, 15) is 18.4 Å². The summed E-state index contributed by atoms with van der Waals surface area (Å²) in [5.74, 6) is -1.98. The van der Waals surface area contributed by atoms with Gasteiger partial charge in [0.15, 0.2) is 0 Å². The molecule has 0 aromatic carbocycles. The molecule has 0 aliphatic carbocycles. The molecule has 0 bridgehead atoms. The van der Waals surface area contributed by atoms with Crippen LogP contribution >= 0.6 is 11.6 Å². The number of carbonyl (C=O) groups excluding carboxylic acids is 2. The van der Waals surface area contributed by atoms with Gasteiger partial charge in [0.25, 0.3) is 0 Å². The van der Waals surface area contributed by atoms with Crippen molar-refractivity contribution < 1.29 is 18.4 Å². The lowest BCUT2D eigenvalue weighted by Crippen LogP contribution is -2.24. The van der Waals surface area contributed by atoms with Gasteiger partial charge in [-0.15, -0.1) is 0 Å². The number of halogens is 3. The van der Waals surface area contributed by atoms with Crippen LogP contribution in [0.2, 0.25) is 0 Å². The number of hydrogen-bond donors (Lipinski definition) is 0. The summed E-state index contributed by atoms with van der Waals surface area (Å²) in [6.45, 7) is 1.96. The van der Waals surface area contributed by atoms with Crippen molar-refractivity contribution in [2.24, 2.45) is 0 Å². The van der Waals surface area contributed by atoms with Crippen molar-refractivity contribution in [1.29, 1.82) is 0 Å². The van der Waals surface area contributed by atoms with E-state index in [2.05, 4.69) is 11.6 Å². The van der Waals surface area contributed by atoms with Gasteiger partial charge in [0, 0.05) is 6.42 Å². The first kappa shape index (κ1) is 13.5. The van der Waals surface area contributed by atoms with E-state index >= 15 is 0 Å². The Morgan fingerprint density at radius 1 is 1.29 bits per heavy atom. The van der Waals surface area contributed by atoms with Gasteiger partial charge < -0.3 is 0 Å². The van der Waals surface area contributed by atoms with E-state index in [-0.39, 0.29) is 6.42 Å². The van der Waals surface area contributed by atoms with Crippen LogP contribution in [0.25, 0.3) is 0 Å². The Morgan fingerprint density at radius 2 is 1.86 bits per heavy atom. The minimum atomic E-state index is -3.90. The molecule has 0 aliphatic heterocycles. The van der Waals surface area contributed by atoms with Crippen molar-refractivity contribution in [3.05, 3.63) is 0 Å². The molecule has 0 N–H and O–H groups in total. The Kier molecular flexibility index (Phi) is 5.84. The lowest BCUT2D eigenvalue weighted by Gasteiger charge is -2.05. The fourth-order valence-corrected chi connectivity index (χ4v) is 1.01. The van der Waals surface area contributed by atoms with Crippen molar-refractivity contribution in [3.8, 4) is 0 Å². The van der Waals surface area contributed by atoms with Crippen molar-refractivity contribution in [1.82, 2.24) is 0 Å². The van der Waals surface area contributed by atoms with Crippen LogP contribution in [0, 0.1) is 0 Å². The molecule has 0 aliphatic rings. The van der Waals surface area contributed by atoms with Crippen molar-refractivity contribution in [3.63, 3.8) is 0 Å². The first-order valence-electron chi connectivity index (χ1n) is 4.49. The first-order valence-corrected chi connectivity index (χ1v) is 4.87. The number of ketones is 2. The number of hydrogen-bond acceptors (Lipinski definition) is 2. The molecule has 0 amide bonds. The second-order valence-corrected chi connectivity index (χ2v) is 3.57. The second-order valence-electron chi connectivity index (χ2n) is 3.09. The molecule has 0 aromatic rings. The monoisotopic (exact) mass is 226 g/mol. The van der Waals surface area contributed by atoms with Crippen LogP contribution < -0.4 is 0 Å². The molecular formula is C9H13ClF2O2. The van der Waals surface area contributed by atoms with Crippen LogP contribution in [-0.2, 0) is 9.59 Å². The summed E-state index contributed by atoms with van der Waals surface area (Å²) in [7, 11) is 0. The number of Topliss-reactive ketones (excluding diaryl/α,β-unsaturated/α-hetero) is 2. The number of rotatable bonds is 7. The second kappa shape index (κ2) is 6.06. The molecule has 0 atom stereocenters. The van der Waals surface area contributed by atoms with Gasteiger partial charge in [-0.2, -0.15) is 8.78 Å². The fraction of sp³-hybridized carbons (Fsp3) is 0.778. The largest absolute Gasteiger partial charge is 0.380 e. The number of carbonyl (C=O) groups is 2. The predicted molar refractivity (Wildman–Crippen MR) is 49.6 cm³/mol. The molecule has 14 heavy (non-hydrogen) atoms. The highest BCUT2D eigenvalue weighted by Gasteiger charge is 2.36. The summed E-state index contributed by atoms with van der Waals surface area (Å²) >= 11 is 4.45. The molecule has 5 heteroatoms. The average molecular weight is 227 g/mol. The predicted octanol–water partition coefficient (Wildman–Crippen LogP) is 2.93. The molecule has 0 rings (SSSR count). The van der Waals surface area contributed by atoms with Crippen LogP contribution in [0.3, 0.4) is 0 Å². The van der Waals surface area contributed by atoms with Gasteiger partial charge in [0.2, 0.25) is 5.78 Å². The van der Waals surface area contributed by atoms with E-state index < -0.39 is 23.4 Å². The summed E-state index contributed by atoms with van der Waals surface area (Å²) in [4.78, 5) is 21.6. The lowest BCUT2D eigenvalue weighted by atomic mass is 10.1. The van der Waals surface area contributed by atoms with Gasteiger partial charge in [-0.1, -0.05) is 19.8 Å². The zero-order chi connectivity index (χ0) is 11.2. The normalized spacial score (nSPS) is 11.4. The van der Waals surface area contributed by atoms with E-state index in [1.807, 2.05) is 6.92 Å². The lowest BCUT2D eigenvalue weighted by molar-refractivity contribution is -0.137. The summed E-state index contributed by atoms with van der Waals surface area (Å²) in [6.07, 6.45) is 1.84. The van der Waals surface area contributed by atoms with Crippen LogP contribution in [-0.4, -0.2) is 16.9 Å². The molecule has 0 unspecified atom stereocenters. The molecule has 0 heterocycles. The fourth-order valence-electron chi connectivity index (χ4n) is 0.940. The molecule has 0 radical (unpaired) electrons. The third kappa shape index (κ3) is 6.02. The van der Waals surface area contributed by atoms with Crippen molar-refractivity contribution >= 4 is 23.2 Å². The molecule has 0 spiro atoms. The summed E-state index contributed by atoms with van der Waals surface area (Å²) in [6, 6.07) is 0. The Morgan fingerprint density at radius 3 is 2.29 bits per heavy atom. The minimum absolute atomic E-state index is 0.173. The third-order valence-electron chi connectivity index (χ3n) is 1.73. The van der Waals surface area contributed by atoms with Gasteiger partial charge in [-0.25, -0.2) is 0 Å². The Labute approximate surface area is 86.6 Å².